The van der Waals surface area contributed by atoms with Crippen LogP contribution in [0.1, 0.15) is 7.79 Å². The highest BCUT2D eigenvalue weighted by Gasteiger charge is 2.18. The van der Waals surface area contributed by atoms with Crippen LogP contribution in [0.4, 0.5) is 0 Å². The van der Waals surface area contributed by atoms with Crippen LogP contribution >= 0.6 is 0 Å². The van der Waals surface area contributed by atoms with E-state index in [4.69, 9.17) is 6.11 Å². The topological polar surface area (TPSA) is 9.23 Å². The normalized spacial score (nSPS) is 45.7. The van der Waals surface area contributed by atoms with Crippen LogP contribution in [0.15, 0.2) is 24.0 Å². The summed E-state index contributed by atoms with van der Waals surface area (Å²) in [4.78, 5) is 0. The van der Waals surface area contributed by atoms with Crippen LogP contribution in [0.2, 0.25) is 0 Å². The minimum absolute atomic E-state index is 0.713. The van der Waals surface area contributed by atoms with Gasteiger partial charge in [0.05, 0.1) is 1.37 Å². The molecule has 0 saturated carbocycles. The average Bonchev–Trinajstić information content (AvgIpc) is 2.21. The maximum Gasteiger partial charge on any atom is 0.121 e. The molecule has 7 heavy (non-hydrogen) atoms. The molecule has 1 unspecified atom stereocenters. The van der Waals surface area contributed by atoms with Crippen molar-refractivity contribution in [1.82, 2.24) is 0 Å². The molecule has 0 amide bonds. The van der Waals surface area contributed by atoms with Crippen molar-refractivity contribution in [2.75, 3.05) is 0 Å². The zero-order chi connectivity index (χ0) is 5.61. The first kappa shape index (κ1) is 2.55. The van der Waals surface area contributed by atoms with E-state index in [1.54, 1.807) is 6.08 Å². The second kappa shape index (κ2) is 0.915. The molecule has 0 radical (unpaired) electrons. The Morgan fingerprint density at radius 3 is 3.14 bits per heavy atom. The van der Waals surface area contributed by atoms with E-state index in [1.807, 2.05) is 12.2 Å². The Morgan fingerprint density at radius 1 is 2.00 bits per heavy atom. The van der Waals surface area contributed by atoms with Gasteiger partial charge in [0.15, 0.2) is 0 Å². The van der Waals surface area contributed by atoms with E-state index in [0.717, 1.165) is 12.2 Å². The number of rotatable bonds is 0. The summed E-state index contributed by atoms with van der Waals surface area (Å²) in [6.45, 7) is 0. The third-order valence-electron chi connectivity index (χ3n) is 1.19. The first-order valence-corrected chi connectivity index (χ1v) is 2.37. The van der Waals surface area contributed by atoms with E-state index in [1.165, 1.54) is 0 Å². The summed E-state index contributed by atoms with van der Waals surface area (Å²) in [7, 11) is 0. The summed E-state index contributed by atoms with van der Waals surface area (Å²) in [6.07, 6.45) is 5.57. The largest absolute Gasteiger partial charge is 0.486 e. The van der Waals surface area contributed by atoms with Crippen LogP contribution in [-0.4, -0.2) is 6.08 Å². The summed E-state index contributed by atoms with van der Waals surface area (Å²) < 4.78 is 12.5. The van der Waals surface area contributed by atoms with Crippen LogP contribution in [0.3, 0.4) is 0 Å². The van der Waals surface area contributed by atoms with Gasteiger partial charge in [-0.2, -0.15) is 0 Å². The summed E-state index contributed by atoms with van der Waals surface area (Å²) in [5.74, 6) is 0.861. The van der Waals surface area contributed by atoms with Gasteiger partial charge in [-0.1, -0.05) is 0 Å². The molecular weight excluding hydrogens is 88.1 g/mol. The third-order valence-corrected chi connectivity index (χ3v) is 1.19. The molecule has 0 aromatic heterocycles. The fourth-order valence-corrected chi connectivity index (χ4v) is 0.815. The lowest BCUT2D eigenvalue weighted by molar-refractivity contribution is 0.210. The van der Waals surface area contributed by atoms with E-state index in [0.29, 0.717) is 0 Å². The van der Waals surface area contributed by atoms with Crippen LogP contribution in [-0.2, 0) is 4.74 Å². The molecule has 2 aliphatic heterocycles. The average molecular weight is 95.1 g/mol. The van der Waals surface area contributed by atoms with E-state index >= 15 is 0 Å². The lowest BCUT2D eigenvalue weighted by Gasteiger charge is -1.95. The second-order valence-corrected chi connectivity index (χ2v) is 1.71. The Balaban J connectivity index is 2.45. The molecule has 1 atom stereocenters. The molecule has 2 bridgehead atoms. The molecule has 0 aromatic carbocycles. The maximum absolute atomic E-state index is 7.41. The van der Waals surface area contributed by atoms with Crippen LogP contribution in [0.25, 0.3) is 0 Å². The highest BCUT2D eigenvalue weighted by molar-refractivity contribution is 5.25. The highest BCUT2D eigenvalue weighted by atomic mass is 16.5. The number of ether oxygens (including phenoxy) is 1. The molecule has 0 saturated heterocycles. The quantitative estimate of drug-likeness (QED) is 0.439. The van der Waals surface area contributed by atoms with E-state index in [9.17, 15) is 0 Å². The number of fused-ring (bicyclic) bond motifs is 2. The number of allylic oxidation sites excluding steroid dienone is 1. The molecular formula is C6H6O. The standard InChI is InChI=1S/C6H6O/c1-2-6-4-3-5(1)7-6/h1-3,6H,4H2/i6D. The molecule has 1 nitrogen and oxygen atoms in total. The molecule has 0 spiro atoms. The molecule has 36 valence electrons. The second-order valence-electron chi connectivity index (χ2n) is 1.71. The summed E-state index contributed by atoms with van der Waals surface area (Å²) in [6, 6.07) is 0. The van der Waals surface area contributed by atoms with Gasteiger partial charge in [-0.3, -0.25) is 0 Å². The number of hydrogen-bond donors (Lipinski definition) is 0. The van der Waals surface area contributed by atoms with Crippen molar-refractivity contribution in [3.63, 3.8) is 0 Å². The fraction of sp³-hybridized carbons (Fsp3) is 0.333. The molecule has 2 rings (SSSR count). The summed E-state index contributed by atoms with van der Waals surface area (Å²) in [5.41, 5.74) is 0. The Bertz CT molecular complexity index is 183. The van der Waals surface area contributed by atoms with Crippen molar-refractivity contribution in [2.45, 2.75) is 12.5 Å². The SMILES string of the molecule is [2H]C12C=CC(=CC1)O2. The Kier molecular flexibility index (Phi) is 0.334. The minimum Gasteiger partial charge on any atom is -0.486 e. The van der Waals surface area contributed by atoms with Gasteiger partial charge >= 0.3 is 0 Å². The van der Waals surface area contributed by atoms with Crippen molar-refractivity contribution < 1.29 is 6.11 Å². The summed E-state index contributed by atoms with van der Waals surface area (Å²) >= 11 is 0. The van der Waals surface area contributed by atoms with Crippen LogP contribution < -0.4 is 0 Å². The third kappa shape index (κ3) is 0.322. The monoisotopic (exact) mass is 95.0 g/mol. The maximum atomic E-state index is 7.41. The molecule has 0 aromatic rings. The highest BCUT2D eigenvalue weighted by Crippen LogP contribution is 2.24. The predicted molar refractivity (Wildman–Crippen MR) is 26.7 cm³/mol. The van der Waals surface area contributed by atoms with Crippen molar-refractivity contribution in [1.29, 1.82) is 0 Å². The smallest absolute Gasteiger partial charge is 0.121 e. The molecule has 1 heteroatoms. The summed E-state index contributed by atoms with van der Waals surface area (Å²) in [5, 5.41) is 0. The van der Waals surface area contributed by atoms with Gasteiger partial charge in [-0.15, -0.1) is 0 Å². The molecule has 0 N–H and O–H groups in total. The van der Waals surface area contributed by atoms with Gasteiger partial charge < -0.3 is 4.74 Å². The zero-order valence-electron chi connectivity index (χ0n) is 4.85. The first-order valence-electron chi connectivity index (χ1n) is 2.87. The van der Waals surface area contributed by atoms with Gasteiger partial charge in [-0.25, -0.2) is 0 Å². The molecule has 2 aliphatic rings. The van der Waals surface area contributed by atoms with Gasteiger partial charge in [0.25, 0.3) is 0 Å². The predicted octanol–water partition coefficient (Wildman–Crippen LogP) is 1.23. The van der Waals surface area contributed by atoms with E-state index < -0.39 is 6.08 Å². The van der Waals surface area contributed by atoms with Gasteiger partial charge in [0, 0.05) is 6.42 Å². The van der Waals surface area contributed by atoms with Crippen LogP contribution in [0, 0.1) is 0 Å². The van der Waals surface area contributed by atoms with Crippen molar-refractivity contribution in [3.05, 3.63) is 24.0 Å². The van der Waals surface area contributed by atoms with E-state index in [-0.39, 0.29) is 0 Å². The molecule has 2 heterocycles. The van der Waals surface area contributed by atoms with Gasteiger partial charge in [0.2, 0.25) is 0 Å². The van der Waals surface area contributed by atoms with Gasteiger partial charge in [0.1, 0.15) is 11.8 Å². The van der Waals surface area contributed by atoms with Crippen molar-refractivity contribution in [3.8, 4) is 0 Å². The lowest BCUT2D eigenvalue weighted by atomic mass is 10.2. The van der Waals surface area contributed by atoms with Gasteiger partial charge in [-0.05, 0) is 18.2 Å². The fourth-order valence-electron chi connectivity index (χ4n) is 0.815. The first-order chi connectivity index (χ1) is 3.79. The lowest BCUT2D eigenvalue weighted by Crippen LogP contribution is -1.93. The minimum atomic E-state index is -0.713. The number of hydrogen-bond acceptors (Lipinski definition) is 1. The Morgan fingerprint density at radius 2 is 3.00 bits per heavy atom. The van der Waals surface area contributed by atoms with Crippen molar-refractivity contribution in [2.24, 2.45) is 0 Å². The Hall–Kier alpha value is -0.720. The zero-order valence-corrected chi connectivity index (χ0v) is 3.85. The van der Waals surface area contributed by atoms with Crippen molar-refractivity contribution >= 4 is 0 Å². The van der Waals surface area contributed by atoms with E-state index in [2.05, 4.69) is 0 Å². The Labute approximate surface area is 43.7 Å². The molecule has 0 aliphatic carbocycles. The molecule has 0 fully saturated rings. The van der Waals surface area contributed by atoms with Crippen LogP contribution in [0.5, 0.6) is 0 Å².